The molecule has 2 aromatic heterocycles. The highest BCUT2D eigenvalue weighted by atomic mass is 32.1. The number of nitrogens with one attached hydrogen (secondary N) is 3. The summed E-state index contributed by atoms with van der Waals surface area (Å²) in [6, 6.07) is 6.00. The van der Waals surface area contributed by atoms with Crippen molar-refractivity contribution in [3.8, 4) is 5.75 Å². The van der Waals surface area contributed by atoms with Crippen molar-refractivity contribution in [3.05, 3.63) is 56.4 Å². The van der Waals surface area contributed by atoms with E-state index in [9.17, 15) is 19.5 Å². The van der Waals surface area contributed by atoms with Crippen molar-refractivity contribution < 1.29 is 14.7 Å². The first-order valence-corrected chi connectivity index (χ1v) is 9.04. The smallest absolute Gasteiger partial charge is 0.273 e. The van der Waals surface area contributed by atoms with Crippen molar-refractivity contribution in [3.63, 3.8) is 0 Å². The van der Waals surface area contributed by atoms with Gasteiger partial charge < -0.3 is 10.1 Å². The van der Waals surface area contributed by atoms with Crippen LogP contribution < -0.4 is 16.4 Å². The Labute approximate surface area is 158 Å². The number of carbonyl (C=O) groups is 2. The first kappa shape index (κ1) is 18.6. The third-order valence-electron chi connectivity index (χ3n) is 4.14. The Morgan fingerprint density at radius 3 is 2.70 bits per heavy atom. The number of rotatable bonds is 4. The molecule has 0 aliphatic rings. The number of phenolic OH excluding ortho intramolecular Hbond substituents is 1. The van der Waals surface area contributed by atoms with Crippen LogP contribution in [0.4, 0.5) is 0 Å². The van der Waals surface area contributed by atoms with Gasteiger partial charge in [-0.2, -0.15) is 0 Å². The Bertz CT molecular complexity index is 1090. The fourth-order valence-electron chi connectivity index (χ4n) is 2.57. The molecule has 0 saturated carbocycles. The number of aromatic amines is 1. The van der Waals surface area contributed by atoms with E-state index in [0.29, 0.717) is 16.0 Å². The average Bonchev–Trinajstić information content (AvgIpc) is 2.92. The molecule has 0 fully saturated rings. The van der Waals surface area contributed by atoms with E-state index in [1.54, 1.807) is 12.1 Å². The second kappa shape index (κ2) is 7.58. The molecule has 4 N–H and O–H groups in total. The number of phenols is 1. The summed E-state index contributed by atoms with van der Waals surface area (Å²) in [5.41, 5.74) is 5.27. The number of aromatic hydroxyl groups is 1. The van der Waals surface area contributed by atoms with E-state index >= 15 is 0 Å². The number of aromatic nitrogens is 2. The standard InChI is InChI=1S/C18H18N4O4S/c1-9-10(2)27-18-15(9)17(26)19-13(20-18)7-8-14(24)21-22-16(25)11-5-3-4-6-12(11)23/h3-6,23H,7-8H2,1-2H3,(H,21,24)(H,22,25)(H,19,20,26). The Morgan fingerprint density at radius 1 is 1.22 bits per heavy atom. The molecule has 8 nitrogen and oxygen atoms in total. The summed E-state index contributed by atoms with van der Waals surface area (Å²) in [5, 5.41) is 10.2. The highest BCUT2D eigenvalue weighted by Gasteiger charge is 2.14. The summed E-state index contributed by atoms with van der Waals surface area (Å²) in [7, 11) is 0. The van der Waals surface area contributed by atoms with Crippen LogP contribution in [0.5, 0.6) is 5.75 Å². The van der Waals surface area contributed by atoms with Crippen molar-refractivity contribution in [2.75, 3.05) is 0 Å². The molecule has 0 bridgehead atoms. The molecule has 27 heavy (non-hydrogen) atoms. The number of benzene rings is 1. The van der Waals surface area contributed by atoms with Gasteiger partial charge in [-0.25, -0.2) is 4.98 Å². The van der Waals surface area contributed by atoms with E-state index in [4.69, 9.17) is 0 Å². The number of H-pyrrole nitrogens is 1. The summed E-state index contributed by atoms with van der Waals surface area (Å²) < 4.78 is 0. The van der Waals surface area contributed by atoms with Crippen molar-refractivity contribution in [1.82, 2.24) is 20.8 Å². The molecule has 2 amide bonds. The highest BCUT2D eigenvalue weighted by Crippen LogP contribution is 2.25. The maximum Gasteiger partial charge on any atom is 0.273 e. The molecule has 0 aliphatic heterocycles. The minimum absolute atomic E-state index is 0.0266. The number of thiophene rings is 1. The number of aryl methyl sites for hydroxylation is 3. The lowest BCUT2D eigenvalue weighted by Crippen LogP contribution is -2.41. The van der Waals surface area contributed by atoms with Gasteiger partial charge in [-0.05, 0) is 31.5 Å². The molecule has 9 heteroatoms. The minimum atomic E-state index is -0.626. The van der Waals surface area contributed by atoms with Gasteiger partial charge in [-0.1, -0.05) is 12.1 Å². The molecule has 0 saturated heterocycles. The molecule has 0 atom stereocenters. The third-order valence-corrected chi connectivity index (χ3v) is 5.24. The van der Waals surface area contributed by atoms with Crippen LogP contribution in [0.2, 0.25) is 0 Å². The summed E-state index contributed by atoms with van der Waals surface area (Å²) in [4.78, 5) is 44.9. The molecule has 0 unspecified atom stereocenters. The molecule has 3 aromatic rings. The van der Waals surface area contributed by atoms with Crippen LogP contribution in [0.3, 0.4) is 0 Å². The monoisotopic (exact) mass is 386 g/mol. The minimum Gasteiger partial charge on any atom is -0.507 e. The van der Waals surface area contributed by atoms with Crippen molar-refractivity contribution in [2.24, 2.45) is 0 Å². The molecule has 0 aliphatic carbocycles. The van der Waals surface area contributed by atoms with Crippen molar-refractivity contribution in [1.29, 1.82) is 0 Å². The predicted molar refractivity (Wildman–Crippen MR) is 102 cm³/mol. The van der Waals surface area contributed by atoms with E-state index in [1.807, 2.05) is 13.8 Å². The van der Waals surface area contributed by atoms with Crippen LogP contribution in [0.15, 0.2) is 29.1 Å². The average molecular weight is 386 g/mol. The third kappa shape index (κ3) is 3.98. The van der Waals surface area contributed by atoms with Gasteiger partial charge in [0.05, 0.1) is 10.9 Å². The first-order chi connectivity index (χ1) is 12.9. The summed E-state index contributed by atoms with van der Waals surface area (Å²) in [6.07, 6.45) is 0.248. The summed E-state index contributed by atoms with van der Waals surface area (Å²) in [6.45, 7) is 3.81. The number of para-hydroxylation sites is 1. The normalized spacial score (nSPS) is 10.7. The van der Waals surface area contributed by atoms with Crippen LogP contribution in [0.1, 0.15) is 33.0 Å². The molecular formula is C18H18N4O4S. The Hall–Kier alpha value is -3.20. The zero-order chi connectivity index (χ0) is 19.6. The largest absolute Gasteiger partial charge is 0.507 e. The lowest BCUT2D eigenvalue weighted by Gasteiger charge is -2.08. The Kier molecular flexibility index (Phi) is 5.22. The van der Waals surface area contributed by atoms with E-state index in [-0.39, 0.29) is 29.7 Å². The van der Waals surface area contributed by atoms with E-state index in [1.165, 1.54) is 23.5 Å². The number of hydrogen-bond donors (Lipinski definition) is 4. The first-order valence-electron chi connectivity index (χ1n) is 8.23. The van der Waals surface area contributed by atoms with E-state index < -0.39 is 11.8 Å². The SMILES string of the molecule is Cc1sc2nc(CCC(=O)NNC(=O)c3ccccc3O)[nH]c(=O)c2c1C. The Morgan fingerprint density at radius 2 is 1.96 bits per heavy atom. The zero-order valence-electron chi connectivity index (χ0n) is 14.8. The summed E-state index contributed by atoms with van der Waals surface area (Å²) >= 11 is 1.44. The van der Waals surface area contributed by atoms with Crippen LogP contribution in [0.25, 0.3) is 10.2 Å². The molecule has 140 valence electrons. The summed E-state index contributed by atoms with van der Waals surface area (Å²) in [5.74, 6) is -0.837. The number of carbonyl (C=O) groups excluding carboxylic acids is 2. The van der Waals surface area contributed by atoms with Gasteiger partial charge in [0.15, 0.2) is 0 Å². The lowest BCUT2D eigenvalue weighted by atomic mass is 10.2. The van der Waals surface area contributed by atoms with Gasteiger partial charge >= 0.3 is 0 Å². The zero-order valence-corrected chi connectivity index (χ0v) is 15.6. The lowest BCUT2D eigenvalue weighted by molar-refractivity contribution is -0.121. The van der Waals surface area contributed by atoms with Crippen LogP contribution in [-0.4, -0.2) is 26.9 Å². The molecular weight excluding hydrogens is 368 g/mol. The number of nitrogens with zero attached hydrogens (tertiary/aromatic N) is 1. The van der Waals surface area contributed by atoms with E-state index in [2.05, 4.69) is 20.8 Å². The van der Waals surface area contributed by atoms with Crippen LogP contribution in [-0.2, 0) is 11.2 Å². The van der Waals surface area contributed by atoms with E-state index in [0.717, 1.165) is 10.4 Å². The van der Waals surface area contributed by atoms with Crippen LogP contribution in [0, 0.1) is 13.8 Å². The highest BCUT2D eigenvalue weighted by molar-refractivity contribution is 7.18. The van der Waals surface area contributed by atoms with Gasteiger partial charge in [0.2, 0.25) is 5.91 Å². The van der Waals surface area contributed by atoms with Crippen molar-refractivity contribution in [2.45, 2.75) is 26.7 Å². The van der Waals surface area contributed by atoms with Gasteiger partial charge in [0.1, 0.15) is 16.4 Å². The predicted octanol–water partition coefficient (Wildman–Crippen LogP) is 1.70. The second-order valence-electron chi connectivity index (χ2n) is 6.00. The molecule has 2 heterocycles. The van der Waals surface area contributed by atoms with Gasteiger partial charge in [0, 0.05) is 17.7 Å². The molecule has 3 rings (SSSR count). The number of fused-ring (bicyclic) bond motifs is 1. The van der Waals surface area contributed by atoms with Crippen molar-refractivity contribution >= 4 is 33.4 Å². The quantitative estimate of drug-likeness (QED) is 0.508. The second-order valence-corrected chi connectivity index (χ2v) is 7.20. The van der Waals surface area contributed by atoms with Gasteiger partial charge in [0.25, 0.3) is 11.5 Å². The number of hydrazine groups is 1. The maximum absolute atomic E-state index is 12.2. The maximum atomic E-state index is 12.2. The number of hydrogen-bond acceptors (Lipinski definition) is 6. The fraction of sp³-hybridized carbons (Fsp3) is 0.222. The fourth-order valence-corrected chi connectivity index (χ4v) is 3.62. The van der Waals surface area contributed by atoms with Gasteiger partial charge in [-0.3, -0.25) is 25.2 Å². The molecule has 1 aromatic carbocycles. The van der Waals surface area contributed by atoms with Gasteiger partial charge in [-0.15, -0.1) is 11.3 Å². The Balaban J connectivity index is 1.59. The number of amides is 2. The van der Waals surface area contributed by atoms with Crippen LogP contribution >= 0.6 is 11.3 Å². The molecule has 0 radical (unpaired) electrons. The topological polar surface area (TPSA) is 124 Å². The molecule has 0 spiro atoms.